The molecule has 7 heteroatoms. The Morgan fingerprint density at radius 1 is 1.50 bits per heavy atom. The molecule has 100 valence electrons. The van der Waals surface area contributed by atoms with Crippen molar-refractivity contribution in [2.45, 2.75) is 22.5 Å². The van der Waals surface area contributed by atoms with Crippen LogP contribution in [-0.4, -0.2) is 26.0 Å². The van der Waals surface area contributed by atoms with Crippen LogP contribution in [0.2, 0.25) is 5.02 Å². The maximum absolute atomic E-state index is 12.1. The lowest BCUT2D eigenvalue weighted by molar-refractivity contribution is 0.579. The molecule has 1 fully saturated rings. The van der Waals surface area contributed by atoms with E-state index in [1.54, 1.807) is 17.8 Å². The van der Waals surface area contributed by atoms with Crippen molar-refractivity contribution in [1.29, 1.82) is 0 Å². The minimum atomic E-state index is -3.45. The summed E-state index contributed by atoms with van der Waals surface area (Å²) in [5, 5.41) is 0.497. The van der Waals surface area contributed by atoms with Crippen molar-refractivity contribution in [3.8, 4) is 0 Å². The standard InChI is InChI=1S/C11H13BrClNO2S2/c1-17-11(4-5-11)7-14-18(15,16)8-2-3-10(13)9(12)6-8/h2-3,6,14H,4-5,7H2,1H3. The van der Waals surface area contributed by atoms with Crippen molar-refractivity contribution in [3.63, 3.8) is 0 Å². The van der Waals surface area contributed by atoms with Gasteiger partial charge in [-0.3, -0.25) is 0 Å². The Bertz CT molecular complexity index is 558. The Hall–Kier alpha value is 0.250. The molecule has 1 aromatic rings. The molecule has 3 nitrogen and oxygen atoms in total. The number of nitrogens with one attached hydrogen (secondary N) is 1. The van der Waals surface area contributed by atoms with Crippen molar-refractivity contribution in [2.75, 3.05) is 12.8 Å². The Morgan fingerprint density at radius 3 is 2.67 bits per heavy atom. The molecule has 0 saturated heterocycles. The first-order valence-corrected chi connectivity index (χ1v) is 9.26. The van der Waals surface area contributed by atoms with Gasteiger partial charge in [0.15, 0.2) is 0 Å². The SMILES string of the molecule is CSC1(CNS(=O)(=O)c2ccc(Cl)c(Br)c2)CC1. The highest BCUT2D eigenvalue weighted by atomic mass is 79.9. The molecule has 0 aliphatic heterocycles. The van der Waals surface area contributed by atoms with E-state index < -0.39 is 10.0 Å². The van der Waals surface area contributed by atoms with Crippen LogP contribution in [-0.2, 0) is 10.0 Å². The topological polar surface area (TPSA) is 46.2 Å². The van der Waals surface area contributed by atoms with Crippen LogP contribution in [0.1, 0.15) is 12.8 Å². The number of halogens is 2. The normalized spacial score (nSPS) is 17.7. The molecule has 0 aromatic heterocycles. The molecule has 0 heterocycles. The first-order chi connectivity index (χ1) is 8.38. The van der Waals surface area contributed by atoms with Gasteiger partial charge >= 0.3 is 0 Å². The molecular weight excluding hydrogens is 358 g/mol. The lowest BCUT2D eigenvalue weighted by atomic mass is 10.4. The minimum absolute atomic E-state index is 0.108. The third-order valence-corrected chi connectivity index (χ3v) is 7.06. The van der Waals surface area contributed by atoms with Gasteiger partial charge in [0, 0.05) is 15.8 Å². The Kier molecular flexibility index (Phi) is 4.33. The average molecular weight is 371 g/mol. The molecule has 1 aliphatic carbocycles. The molecule has 1 N–H and O–H groups in total. The van der Waals surface area contributed by atoms with Crippen molar-refractivity contribution in [1.82, 2.24) is 4.72 Å². The van der Waals surface area contributed by atoms with E-state index in [4.69, 9.17) is 11.6 Å². The highest BCUT2D eigenvalue weighted by molar-refractivity contribution is 9.10. The van der Waals surface area contributed by atoms with Crippen LogP contribution < -0.4 is 4.72 Å². The summed E-state index contributed by atoms with van der Waals surface area (Å²) in [4.78, 5) is 0.232. The highest BCUT2D eigenvalue weighted by Crippen LogP contribution is 2.46. The Labute approximate surface area is 125 Å². The molecular formula is C11H13BrClNO2S2. The van der Waals surface area contributed by atoms with Gasteiger partial charge in [-0.05, 0) is 53.2 Å². The van der Waals surface area contributed by atoms with E-state index in [-0.39, 0.29) is 9.64 Å². The second kappa shape index (κ2) is 5.32. The van der Waals surface area contributed by atoms with Gasteiger partial charge in [0.2, 0.25) is 10.0 Å². The molecule has 0 bridgehead atoms. The lowest BCUT2D eigenvalue weighted by Gasteiger charge is -2.13. The summed E-state index contributed by atoms with van der Waals surface area (Å²) in [6.45, 7) is 0.483. The van der Waals surface area contributed by atoms with Gasteiger partial charge in [0.1, 0.15) is 0 Å². The van der Waals surface area contributed by atoms with Crippen LogP contribution in [0.4, 0.5) is 0 Å². The molecule has 0 spiro atoms. The van der Waals surface area contributed by atoms with Gasteiger partial charge in [-0.1, -0.05) is 11.6 Å². The van der Waals surface area contributed by atoms with Crippen LogP contribution in [0, 0.1) is 0 Å². The van der Waals surface area contributed by atoms with Gasteiger partial charge < -0.3 is 0 Å². The largest absolute Gasteiger partial charge is 0.240 e. The zero-order valence-corrected chi connectivity index (χ0v) is 13.7. The van der Waals surface area contributed by atoms with Crippen molar-refractivity contribution >= 4 is 49.3 Å². The Morgan fingerprint density at radius 2 is 2.17 bits per heavy atom. The number of hydrogen-bond acceptors (Lipinski definition) is 3. The summed E-state index contributed by atoms with van der Waals surface area (Å²) >= 11 is 10.8. The summed E-state index contributed by atoms with van der Waals surface area (Å²) in [5.41, 5.74) is 0. The van der Waals surface area contributed by atoms with E-state index in [1.165, 1.54) is 12.1 Å². The van der Waals surface area contributed by atoms with E-state index >= 15 is 0 Å². The second-order valence-electron chi connectivity index (χ2n) is 4.29. The van der Waals surface area contributed by atoms with Gasteiger partial charge in [0.05, 0.1) is 9.92 Å². The molecule has 1 aromatic carbocycles. The average Bonchev–Trinajstić information content (AvgIpc) is 3.11. The quantitative estimate of drug-likeness (QED) is 0.865. The molecule has 0 unspecified atom stereocenters. The zero-order valence-electron chi connectivity index (χ0n) is 9.74. The third kappa shape index (κ3) is 3.22. The summed E-state index contributed by atoms with van der Waals surface area (Å²) < 4.78 is 27.6. The summed E-state index contributed by atoms with van der Waals surface area (Å²) in [6.07, 6.45) is 4.15. The van der Waals surface area contributed by atoms with Crippen molar-refractivity contribution in [2.24, 2.45) is 0 Å². The summed E-state index contributed by atoms with van der Waals surface area (Å²) in [5.74, 6) is 0. The molecule has 18 heavy (non-hydrogen) atoms. The number of thioether (sulfide) groups is 1. The first kappa shape index (κ1) is 14.7. The molecule has 1 aliphatic rings. The zero-order chi connectivity index (χ0) is 13.4. The van der Waals surface area contributed by atoms with E-state index in [0.717, 1.165) is 12.8 Å². The fourth-order valence-corrected chi connectivity index (χ4v) is 4.17. The predicted octanol–water partition coefficient (Wildman–Crippen LogP) is 3.28. The summed E-state index contributed by atoms with van der Waals surface area (Å²) in [6, 6.07) is 4.60. The number of hydrogen-bond donors (Lipinski definition) is 1. The fraction of sp³-hybridized carbons (Fsp3) is 0.455. The van der Waals surface area contributed by atoms with Gasteiger partial charge in [-0.15, -0.1) is 0 Å². The highest BCUT2D eigenvalue weighted by Gasteiger charge is 2.42. The van der Waals surface area contributed by atoms with Crippen molar-refractivity contribution in [3.05, 3.63) is 27.7 Å². The number of benzene rings is 1. The van der Waals surface area contributed by atoms with E-state index in [2.05, 4.69) is 20.7 Å². The van der Waals surface area contributed by atoms with E-state index in [0.29, 0.717) is 16.0 Å². The van der Waals surface area contributed by atoms with Crippen LogP contribution in [0.15, 0.2) is 27.6 Å². The maximum Gasteiger partial charge on any atom is 0.240 e. The summed E-state index contributed by atoms with van der Waals surface area (Å²) in [7, 11) is -3.45. The monoisotopic (exact) mass is 369 g/mol. The fourth-order valence-electron chi connectivity index (χ4n) is 1.55. The molecule has 0 atom stereocenters. The number of rotatable bonds is 5. The molecule has 2 rings (SSSR count). The van der Waals surface area contributed by atoms with E-state index in [9.17, 15) is 8.42 Å². The van der Waals surface area contributed by atoms with Crippen LogP contribution in [0.5, 0.6) is 0 Å². The Balaban J connectivity index is 2.13. The predicted molar refractivity (Wildman–Crippen MR) is 79.8 cm³/mol. The smallest absolute Gasteiger partial charge is 0.210 e. The van der Waals surface area contributed by atoms with E-state index in [1.807, 2.05) is 6.26 Å². The lowest BCUT2D eigenvalue weighted by Crippen LogP contribution is -2.31. The van der Waals surface area contributed by atoms with Gasteiger partial charge in [-0.2, -0.15) is 11.8 Å². The maximum atomic E-state index is 12.1. The van der Waals surface area contributed by atoms with Gasteiger partial charge in [-0.25, -0.2) is 13.1 Å². The van der Waals surface area contributed by atoms with Crippen LogP contribution in [0.3, 0.4) is 0 Å². The van der Waals surface area contributed by atoms with Crippen LogP contribution >= 0.6 is 39.3 Å². The first-order valence-electron chi connectivity index (χ1n) is 5.38. The number of sulfonamides is 1. The second-order valence-corrected chi connectivity index (χ2v) is 8.59. The third-order valence-electron chi connectivity index (χ3n) is 3.03. The van der Waals surface area contributed by atoms with Gasteiger partial charge in [0.25, 0.3) is 0 Å². The van der Waals surface area contributed by atoms with Crippen molar-refractivity contribution < 1.29 is 8.42 Å². The molecule has 1 saturated carbocycles. The minimum Gasteiger partial charge on any atom is -0.210 e. The van der Waals surface area contributed by atoms with Crippen LogP contribution in [0.25, 0.3) is 0 Å². The molecule has 0 amide bonds. The molecule has 0 radical (unpaired) electrons.